The minimum Gasteiger partial charge on any atom is -0.334 e. The van der Waals surface area contributed by atoms with E-state index < -0.39 is 0 Å². The van der Waals surface area contributed by atoms with Crippen LogP contribution in [0.2, 0.25) is 0 Å². The molecule has 3 aromatic rings. The first-order valence-corrected chi connectivity index (χ1v) is 7.24. The van der Waals surface area contributed by atoms with Crippen molar-refractivity contribution in [3.8, 4) is 0 Å². The van der Waals surface area contributed by atoms with Crippen LogP contribution in [0.5, 0.6) is 0 Å². The van der Waals surface area contributed by atoms with Crippen molar-refractivity contribution < 1.29 is 4.79 Å². The predicted octanol–water partition coefficient (Wildman–Crippen LogP) is 2.22. The third kappa shape index (κ3) is 2.20. The largest absolute Gasteiger partial charge is 0.334 e. The Morgan fingerprint density at radius 3 is 2.86 bits per heavy atom. The Hall–Kier alpha value is -2.82. The summed E-state index contributed by atoms with van der Waals surface area (Å²) in [6.07, 6.45) is 5.81. The second-order valence-electron chi connectivity index (χ2n) is 5.36. The van der Waals surface area contributed by atoms with Crippen molar-refractivity contribution in [1.29, 1.82) is 0 Å². The summed E-state index contributed by atoms with van der Waals surface area (Å²) >= 11 is 0. The molecule has 1 aliphatic heterocycles. The lowest BCUT2D eigenvalue weighted by molar-refractivity contribution is 0.0733. The van der Waals surface area contributed by atoms with Crippen molar-refractivity contribution in [2.75, 3.05) is 6.54 Å². The number of carbonyl (C=O) groups is 1. The van der Waals surface area contributed by atoms with E-state index >= 15 is 0 Å². The van der Waals surface area contributed by atoms with Gasteiger partial charge in [-0.15, -0.1) is 0 Å². The summed E-state index contributed by atoms with van der Waals surface area (Å²) in [5, 5.41) is 1.01. The lowest BCUT2D eigenvalue weighted by Gasteiger charge is -2.28. The molecule has 0 saturated heterocycles. The molecule has 1 amide bonds. The van der Waals surface area contributed by atoms with E-state index in [0.717, 1.165) is 28.7 Å². The topological polar surface area (TPSA) is 59.0 Å². The fraction of sp³-hybridized carbons (Fsp3) is 0.176. The summed E-state index contributed by atoms with van der Waals surface area (Å²) < 4.78 is 0. The summed E-state index contributed by atoms with van der Waals surface area (Å²) in [5.74, 6) is 0.0410. The highest BCUT2D eigenvalue weighted by Gasteiger charge is 2.23. The summed E-state index contributed by atoms with van der Waals surface area (Å²) in [6, 6.07) is 9.50. The summed E-state index contributed by atoms with van der Waals surface area (Å²) in [4.78, 5) is 27.3. The van der Waals surface area contributed by atoms with Gasteiger partial charge in [0.25, 0.3) is 5.91 Å². The molecule has 3 aromatic heterocycles. The normalized spacial score (nSPS) is 13.9. The minimum absolute atomic E-state index is 0.0410. The predicted molar refractivity (Wildman–Crippen MR) is 82.2 cm³/mol. The molecule has 0 unspecified atom stereocenters. The van der Waals surface area contributed by atoms with E-state index in [1.54, 1.807) is 30.7 Å². The molecular formula is C17H14N4O. The number of carbonyl (C=O) groups excluding carboxylic acids is 1. The van der Waals surface area contributed by atoms with Gasteiger partial charge in [-0.2, -0.15) is 0 Å². The van der Waals surface area contributed by atoms with Gasteiger partial charge in [-0.3, -0.25) is 9.78 Å². The van der Waals surface area contributed by atoms with Gasteiger partial charge in [0.1, 0.15) is 0 Å². The van der Waals surface area contributed by atoms with Crippen LogP contribution in [0, 0.1) is 0 Å². The molecule has 22 heavy (non-hydrogen) atoms. The number of hydrogen-bond acceptors (Lipinski definition) is 4. The number of rotatable bonds is 1. The molecule has 0 spiro atoms. The quantitative estimate of drug-likeness (QED) is 0.689. The molecule has 0 bridgehead atoms. The highest BCUT2D eigenvalue weighted by molar-refractivity contribution is 5.94. The van der Waals surface area contributed by atoms with Crippen LogP contribution in [0.3, 0.4) is 0 Å². The van der Waals surface area contributed by atoms with Crippen LogP contribution in [0.15, 0.2) is 48.9 Å². The Morgan fingerprint density at radius 2 is 2.00 bits per heavy atom. The highest BCUT2D eigenvalue weighted by Crippen LogP contribution is 2.22. The molecule has 4 heterocycles. The molecule has 108 valence electrons. The maximum absolute atomic E-state index is 12.5. The van der Waals surface area contributed by atoms with E-state index in [9.17, 15) is 4.79 Å². The van der Waals surface area contributed by atoms with Gasteiger partial charge in [0.2, 0.25) is 0 Å². The van der Waals surface area contributed by atoms with Gasteiger partial charge in [0.05, 0.1) is 0 Å². The van der Waals surface area contributed by atoms with Crippen molar-refractivity contribution in [3.05, 3.63) is 65.7 Å². The third-order valence-electron chi connectivity index (χ3n) is 3.95. The van der Waals surface area contributed by atoms with E-state index in [2.05, 4.69) is 21.0 Å². The Bertz CT molecular complexity index is 848. The van der Waals surface area contributed by atoms with Crippen molar-refractivity contribution >= 4 is 16.9 Å². The van der Waals surface area contributed by atoms with Gasteiger partial charge in [-0.25, -0.2) is 9.97 Å². The van der Waals surface area contributed by atoms with E-state index in [0.29, 0.717) is 18.7 Å². The maximum Gasteiger partial charge on any atom is 0.254 e. The molecule has 0 atom stereocenters. The van der Waals surface area contributed by atoms with E-state index in [-0.39, 0.29) is 5.91 Å². The Kier molecular flexibility index (Phi) is 3.04. The van der Waals surface area contributed by atoms with Crippen molar-refractivity contribution in [1.82, 2.24) is 19.9 Å². The SMILES string of the molecule is O=C(c1ccncc1)N1CCc2nc3ncccc3cc2C1. The zero-order valence-electron chi connectivity index (χ0n) is 11.9. The third-order valence-corrected chi connectivity index (χ3v) is 3.95. The monoisotopic (exact) mass is 290 g/mol. The molecule has 0 saturated carbocycles. The van der Waals surface area contributed by atoms with Crippen molar-refractivity contribution in [2.45, 2.75) is 13.0 Å². The van der Waals surface area contributed by atoms with Crippen LogP contribution >= 0.6 is 0 Å². The average molecular weight is 290 g/mol. The number of pyridine rings is 3. The van der Waals surface area contributed by atoms with Crippen LogP contribution in [-0.4, -0.2) is 32.3 Å². The Labute approximate surface area is 127 Å². The molecule has 5 heteroatoms. The molecule has 5 nitrogen and oxygen atoms in total. The number of hydrogen-bond donors (Lipinski definition) is 0. The number of nitrogens with zero attached hydrogens (tertiary/aromatic N) is 4. The molecule has 4 rings (SSSR count). The average Bonchev–Trinajstić information content (AvgIpc) is 2.59. The van der Waals surface area contributed by atoms with Crippen LogP contribution in [-0.2, 0) is 13.0 Å². The van der Waals surface area contributed by atoms with E-state index in [1.165, 1.54) is 0 Å². The fourth-order valence-electron chi connectivity index (χ4n) is 2.82. The highest BCUT2D eigenvalue weighted by atomic mass is 16.2. The van der Waals surface area contributed by atoms with E-state index in [4.69, 9.17) is 0 Å². The first-order chi connectivity index (χ1) is 10.8. The Balaban J connectivity index is 1.66. The second-order valence-corrected chi connectivity index (χ2v) is 5.36. The first kappa shape index (κ1) is 12.9. The molecular weight excluding hydrogens is 276 g/mol. The second kappa shape index (κ2) is 5.18. The zero-order chi connectivity index (χ0) is 14.9. The van der Waals surface area contributed by atoms with E-state index in [1.807, 2.05) is 17.0 Å². The van der Waals surface area contributed by atoms with Crippen LogP contribution in [0.1, 0.15) is 21.6 Å². The van der Waals surface area contributed by atoms with Crippen molar-refractivity contribution in [2.24, 2.45) is 0 Å². The number of aromatic nitrogens is 3. The van der Waals surface area contributed by atoms with Gasteiger partial charge in [-0.05, 0) is 35.9 Å². The Morgan fingerprint density at radius 1 is 1.14 bits per heavy atom. The lowest BCUT2D eigenvalue weighted by atomic mass is 10.0. The molecule has 1 aliphatic rings. The van der Waals surface area contributed by atoms with Gasteiger partial charge in [-0.1, -0.05) is 0 Å². The molecule has 0 N–H and O–H groups in total. The molecule has 0 aliphatic carbocycles. The van der Waals surface area contributed by atoms with Gasteiger partial charge >= 0.3 is 0 Å². The zero-order valence-corrected chi connectivity index (χ0v) is 11.9. The maximum atomic E-state index is 12.5. The summed E-state index contributed by atoms with van der Waals surface area (Å²) in [5.41, 5.74) is 3.60. The van der Waals surface area contributed by atoms with Crippen molar-refractivity contribution in [3.63, 3.8) is 0 Å². The van der Waals surface area contributed by atoms with Crippen LogP contribution in [0.4, 0.5) is 0 Å². The first-order valence-electron chi connectivity index (χ1n) is 7.24. The minimum atomic E-state index is 0.0410. The smallest absolute Gasteiger partial charge is 0.254 e. The summed E-state index contributed by atoms with van der Waals surface area (Å²) in [7, 11) is 0. The standard InChI is InChI=1S/C17H14N4O/c22-17(12-3-7-18-8-4-12)21-9-5-15-14(11-21)10-13-2-1-6-19-16(13)20-15/h1-4,6-8,10H,5,9,11H2. The van der Waals surface area contributed by atoms with Gasteiger partial charge < -0.3 is 4.90 Å². The molecule has 0 aromatic carbocycles. The molecule has 0 fully saturated rings. The van der Waals surface area contributed by atoms with Gasteiger partial charge in [0, 0.05) is 54.7 Å². The lowest BCUT2D eigenvalue weighted by Crippen LogP contribution is -2.36. The van der Waals surface area contributed by atoms with Gasteiger partial charge in [0.15, 0.2) is 5.65 Å². The molecule has 0 radical (unpaired) electrons. The fourth-order valence-corrected chi connectivity index (χ4v) is 2.82. The number of amides is 1. The van der Waals surface area contributed by atoms with Crippen LogP contribution < -0.4 is 0 Å². The summed E-state index contributed by atoms with van der Waals surface area (Å²) in [6.45, 7) is 1.27. The van der Waals surface area contributed by atoms with Crippen LogP contribution in [0.25, 0.3) is 11.0 Å². The number of fused-ring (bicyclic) bond motifs is 2.